The number of carbonyl (C=O) groups excluding carboxylic acids is 1. The fourth-order valence-electron chi connectivity index (χ4n) is 2.50. The van der Waals surface area contributed by atoms with Crippen LogP contribution in [0.25, 0.3) is 16.0 Å². The average Bonchev–Trinajstić information content (AvgIpc) is 2.94. The van der Waals surface area contributed by atoms with E-state index in [4.69, 9.17) is 11.6 Å². The number of halogens is 1. The fourth-order valence-corrected chi connectivity index (χ4v) is 3.40. The number of para-hydroxylation sites is 2. The molecule has 0 aliphatic heterocycles. The second-order valence-corrected chi connectivity index (χ2v) is 6.54. The molecule has 4 aromatic rings. The summed E-state index contributed by atoms with van der Waals surface area (Å²) < 4.78 is 1.48. The summed E-state index contributed by atoms with van der Waals surface area (Å²) in [4.78, 5) is 29.5. The number of carbonyl (C=O) groups is 1. The van der Waals surface area contributed by atoms with Crippen LogP contribution in [0.4, 0.5) is 5.69 Å². The number of nitrogens with zero attached hydrogens (tertiary/aromatic N) is 2. The fraction of sp³-hybridized carbons (Fsp3) is 0. The maximum absolute atomic E-state index is 12.7. The number of amides is 1. The second kappa shape index (κ2) is 5.74. The van der Waals surface area contributed by atoms with E-state index >= 15 is 0 Å². The molecule has 5 nitrogen and oxygen atoms in total. The molecule has 0 aliphatic carbocycles. The number of hydrogen-bond acceptors (Lipinski definition) is 4. The third kappa shape index (κ3) is 2.55. The predicted octanol–water partition coefficient (Wildman–Crippen LogP) is 3.81. The molecular weight excluding hydrogens is 346 g/mol. The third-order valence-electron chi connectivity index (χ3n) is 3.55. The summed E-state index contributed by atoms with van der Waals surface area (Å²) in [6, 6.07) is 15.6. The Bertz CT molecular complexity index is 1130. The molecule has 0 fully saturated rings. The molecule has 1 N–H and O–H groups in total. The smallest absolute Gasteiger partial charge is 0.272 e. The number of hydrogen-bond donors (Lipinski definition) is 1. The van der Waals surface area contributed by atoms with Crippen LogP contribution in [0.1, 0.15) is 10.5 Å². The van der Waals surface area contributed by atoms with Crippen molar-refractivity contribution >= 4 is 50.5 Å². The van der Waals surface area contributed by atoms with Gasteiger partial charge < -0.3 is 5.32 Å². The van der Waals surface area contributed by atoms with E-state index in [1.54, 1.807) is 28.7 Å². The number of nitrogens with one attached hydrogen (secondary N) is 1. The highest BCUT2D eigenvalue weighted by molar-refractivity contribution is 7.14. The van der Waals surface area contributed by atoms with E-state index in [0.29, 0.717) is 15.7 Å². The minimum absolute atomic E-state index is 0.223. The van der Waals surface area contributed by atoms with Crippen LogP contribution in [0, 0.1) is 0 Å². The zero-order chi connectivity index (χ0) is 16.7. The van der Waals surface area contributed by atoms with Crippen molar-refractivity contribution in [1.82, 2.24) is 9.38 Å². The number of imidazole rings is 1. The number of aromatic nitrogens is 2. The molecule has 118 valence electrons. The van der Waals surface area contributed by atoms with Crippen LogP contribution in [0.5, 0.6) is 0 Å². The Labute approximate surface area is 145 Å². The molecule has 1 amide bonds. The summed E-state index contributed by atoms with van der Waals surface area (Å²) in [5, 5.41) is 3.36. The summed E-state index contributed by atoms with van der Waals surface area (Å²) in [6.45, 7) is 0. The summed E-state index contributed by atoms with van der Waals surface area (Å²) in [5.41, 5.74) is 2.37. The van der Waals surface area contributed by atoms with Gasteiger partial charge in [-0.2, -0.15) is 0 Å². The van der Waals surface area contributed by atoms with E-state index in [9.17, 15) is 9.59 Å². The largest absolute Gasteiger partial charge is 0.321 e. The quantitative estimate of drug-likeness (QED) is 0.594. The summed E-state index contributed by atoms with van der Waals surface area (Å²) in [5.74, 6) is -0.379. The molecule has 0 aliphatic rings. The maximum atomic E-state index is 12.7. The summed E-state index contributed by atoms with van der Waals surface area (Å²) in [7, 11) is 0. The first-order chi connectivity index (χ1) is 11.6. The first-order valence-electron chi connectivity index (χ1n) is 7.10. The first-order valence-corrected chi connectivity index (χ1v) is 8.29. The monoisotopic (exact) mass is 355 g/mol. The molecular formula is C17H10ClN3O2S. The number of anilines is 1. The van der Waals surface area contributed by atoms with Gasteiger partial charge in [0.2, 0.25) is 4.74 Å². The molecule has 24 heavy (non-hydrogen) atoms. The van der Waals surface area contributed by atoms with E-state index < -0.39 is 0 Å². The van der Waals surface area contributed by atoms with Gasteiger partial charge in [-0.15, -0.1) is 0 Å². The SMILES string of the molecule is O=C(Nc1ccc(Cl)cc1)c1cc(=O)sc2nc3ccccc3n12. The van der Waals surface area contributed by atoms with Crippen LogP contribution in [0.3, 0.4) is 0 Å². The van der Waals surface area contributed by atoms with Crippen LogP contribution in [0.15, 0.2) is 59.4 Å². The van der Waals surface area contributed by atoms with E-state index in [-0.39, 0.29) is 16.3 Å². The minimum Gasteiger partial charge on any atom is -0.321 e. The second-order valence-electron chi connectivity index (χ2n) is 5.13. The molecule has 0 saturated carbocycles. The van der Waals surface area contributed by atoms with Gasteiger partial charge >= 0.3 is 0 Å². The lowest BCUT2D eigenvalue weighted by Gasteiger charge is -2.07. The lowest BCUT2D eigenvalue weighted by Crippen LogP contribution is -2.18. The number of fused-ring (bicyclic) bond motifs is 3. The van der Waals surface area contributed by atoms with Gasteiger partial charge in [-0.05, 0) is 36.4 Å². The molecule has 0 unspecified atom stereocenters. The Morgan fingerprint density at radius 1 is 1.12 bits per heavy atom. The van der Waals surface area contributed by atoms with Gasteiger partial charge in [-0.1, -0.05) is 35.1 Å². The Balaban J connectivity index is 1.87. The van der Waals surface area contributed by atoms with E-state index in [0.717, 1.165) is 22.4 Å². The molecule has 0 radical (unpaired) electrons. The minimum atomic E-state index is -0.379. The number of benzene rings is 2. The van der Waals surface area contributed by atoms with E-state index in [2.05, 4.69) is 10.3 Å². The van der Waals surface area contributed by atoms with Crippen molar-refractivity contribution < 1.29 is 4.79 Å². The van der Waals surface area contributed by atoms with Crippen molar-refractivity contribution in [3.63, 3.8) is 0 Å². The lowest BCUT2D eigenvalue weighted by atomic mass is 10.3. The standard InChI is InChI=1S/C17H10ClN3O2S/c18-10-5-7-11(8-6-10)19-16(23)14-9-15(22)24-17-20-12-3-1-2-4-13(12)21(14)17/h1-9H,(H,19,23). The summed E-state index contributed by atoms with van der Waals surface area (Å²) in [6.07, 6.45) is 0. The van der Waals surface area contributed by atoms with Crippen molar-refractivity contribution in [2.45, 2.75) is 0 Å². The van der Waals surface area contributed by atoms with E-state index in [1.165, 1.54) is 6.07 Å². The van der Waals surface area contributed by atoms with Crippen molar-refractivity contribution in [3.8, 4) is 0 Å². The first kappa shape index (κ1) is 14.9. The van der Waals surface area contributed by atoms with Gasteiger partial charge in [0.05, 0.1) is 11.0 Å². The van der Waals surface area contributed by atoms with Crippen LogP contribution in [-0.4, -0.2) is 15.3 Å². The van der Waals surface area contributed by atoms with Crippen LogP contribution < -0.4 is 10.1 Å². The molecule has 0 atom stereocenters. The van der Waals surface area contributed by atoms with Gasteiger partial charge in [0, 0.05) is 16.8 Å². The summed E-state index contributed by atoms with van der Waals surface area (Å²) >= 11 is 6.86. The Kier molecular flexibility index (Phi) is 3.55. The molecule has 0 saturated heterocycles. The zero-order valence-corrected chi connectivity index (χ0v) is 13.8. The lowest BCUT2D eigenvalue weighted by molar-refractivity contribution is 0.102. The van der Waals surface area contributed by atoms with Gasteiger partial charge in [-0.25, -0.2) is 4.98 Å². The van der Waals surface area contributed by atoms with Crippen molar-refractivity contribution in [2.75, 3.05) is 5.32 Å². The van der Waals surface area contributed by atoms with Gasteiger partial charge in [0.1, 0.15) is 5.69 Å². The normalized spacial score (nSPS) is 11.0. The van der Waals surface area contributed by atoms with Gasteiger partial charge in [0.15, 0.2) is 4.96 Å². The highest BCUT2D eigenvalue weighted by Crippen LogP contribution is 2.20. The maximum Gasteiger partial charge on any atom is 0.272 e. The van der Waals surface area contributed by atoms with Crippen LogP contribution >= 0.6 is 22.9 Å². The predicted molar refractivity (Wildman–Crippen MR) is 96.3 cm³/mol. The number of rotatable bonds is 2. The molecule has 7 heteroatoms. The highest BCUT2D eigenvalue weighted by atomic mass is 35.5. The Morgan fingerprint density at radius 2 is 1.88 bits per heavy atom. The molecule has 0 bridgehead atoms. The van der Waals surface area contributed by atoms with Crippen molar-refractivity contribution in [2.24, 2.45) is 0 Å². The Hall–Kier alpha value is -2.70. The Morgan fingerprint density at radius 3 is 2.67 bits per heavy atom. The van der Waals surface area contributed by atoms with Crippen LogP contribution in [-0.2, 0) is 0 Å². The molecule has 2 aromatic carbocycles. The molecule has 0 spiro atoms. The zero-order valence-electron chi connectivity index (χ0n) is 12.2. The molecule has 2 heterocycles. The van der Waals surface area contributed by atoms with Gasteiger partial charge in [-0.3, -0.25) is 14.0 Å². The van der Waals surface area contributed by atoms with Crippen LogP contribution in [0.2, 0.25) is 5.02 Å². The topological polar surface area (TPSA) is 63.5 Å². The molecule has 4 rings (SSSR count). The average molecular weight is 356 g/mol. The highest BCUT2D eigenvalue weighted by Gasteiger charge is 2.16. The van der Waals surface area contributed by atoms with Crippen molar-refractivity contribution in [3.05, 3.63) is 74.9 Å². The third-order valence-corrected chi connectivity index (χ3v) is 4.58. The molecule has 2 aromatic heterocycles. The van der Waals surface area contributed by atoms with E-state index in [1.807, 2.05) is 24.3 Å². The van der Waals surface area contributed by atoms with Gasteiger partial charge in [0.25, 0.3) is 5.91 Å². The van der Waals surface area contributed by atoms with Crippen molar-refractivity contribution in [1.29, 1.82) is 0 Å².